The molecule has 0 fully saturated rings. The molecule has 0 saturated carbocycles. The molecule has 5 heteroatoms. The second kappa shape index (κ2) is 6.10. The number of fused-ring (bicyclic) bond motifs is 1. The average molecular weight is 279 g/mol. The molecule has 19 heavy (non-hydrogen) atoms. The van der Waals surface area contributed by atoms with Gasteiger partial charge in [-0.1, -0.05) is 26.0 Å². The van der Waals surface area contributed by atoms with E-state index in [2.05, 4.69) is 5.32 Å². The predicted octanol–water partition coefficient (Wildman–Crippen LogP) is 2.69. The van der Waals surface area contributed by atoms with Crippen molar-refractivity contribution in [2.75, 3.05) is 11.9 Å². The summed E-state index contributed by atoms with van der Waals surface area (Å²) in [5.74, 6) is -0.150. The normalized spacial score (nSPS) is 17.8. The lowest BCUT2D eigenvalue weighted by molar-refractivity contribution is -0.145. The lowest BCUT2D eigenvalue weighted by atomic mass is 10.2. The van der Waals surface area contributed by atoms with Crippen molar-refractivity contribution in [1.82, 2.24) is 0 Å². The Morgan fingerprint density at radius 2 is 2.16 bits per heavy atom. The van der Waals surface area contributed by atoms with Crippen LogP contribution in [0.5, 0.6) is 0 Å². The molecule has 0 radical (unpaired) electrons. The molecule has 1 aromatic rings. The molecule has 102 valence electrons. The van der Waals surface area contributed by atoms with Gasteiger partial charge < -0.3 is 10.1 Å². The lowest BCUT2D eigenvalue weighted by Gasteiger charge is -2.23. The van der Waals surface area contributed by atoms with E-state index in [1.54, 1.807) is 0 Å². The average Bonchev–Trinajstić information content (AvgIpc) is 2.37. The van der Waals surface area contributed by atoms with Gasteiger partial charge in [-0.15, -0.1) is 11.8 Å². The van der Waals surface area contributed by atoms with Crippen LogP contribution in [0.4, 0.5) is 5.69 Å². The minimum atomic E-state index is -0.408. The quantitative estimate of drug-likeness (QED) is 0.861. The molecular weight excluding hydrogens is 262 g/mol. The summed E-state index contributed by atoms with van der Waals surface area (Å²) in [4.78, 5) is 24.5. The second-order valence-corrected chi connectivity index (χ2v) is 6.12. The first kappa shape index (κ1) is 13.9. The third-order valence-corrected chi connectivity index (χ3v) is 3.91. The Labute approximate surface area is 116 Å². The van der Waals surface area contributed by atoms with Gasteiger partial charge in [0.2, 0.25) is 5.91 Å². The number of rotatable bonds is 4. The molecule has 1 heterocycles. The van der Waals surface area contributed by atoms with Crippen LogP contribution in [0.15, 0.2) is 29.2 Å². The molecule has 1 N–H and O–H groups in total. The van der Waals surface area contributed by atoms with E-state index in [9.17, 15) is 9.59 Å². The Morgan fingerprint density at radius 1 is 1.42 bits per heavy atom. The van der Waals surface area contributed by atoms with E-state index in [0.717, 1.165) is 10.6 Å². The SMILES string of the molecule is CC(C)COC(=O)CC1Sc2ccccc2NC1=O. The van der Waals surface area contributed by atoms with Gasteiger partial charge in [0.1, 0.15) is 0 Å². The summed E-state index contributed by atoms with van der Waals surface area (Å²) in [5, 5.41) is 2.40. The molecule has 1 unspecified atom stereocenters. The van der Waals surface area contributed by atoms with Gasteiger partial charge in [-0.3, -0.25) is 9.59 Å². The number of nitrogens with one attached hydrogen (secondary N) is 1. The molecule has 1 aliphatic heterocycles. The smallest absolute Gasteiger partial charge is 0.307 e. The zero-order chi connectivity index (χ0) is 13.8. The van der Waals surface area contributed by atoms with Gasteiger partial charge in [-0.2, -0.15) is 0 Å². The van der Waals surface area contributed by atoms with Crippen LogP contribution >= 0.6 is 11.8 Å². The van der Waals surface area contributed by atoms with Crippen LogP contribution in [0.1, 0.15) is 20.3 Å². The minimum absolute atomic E-state index is 0.109. The summed E-state index contributed by atoms with van der Waals surface area (Å²) in [6, 6.07) is 7.58. The lowest BCUT2D eigenvalue weighted by Crippen LogP contribution is -2.31. The van der Waals surface area contributed by atoms with E-state index in [0.29, 0.717) is 12.5 Å². The fraction of sp³-hybridized carbons (Fsp3) is 0.429. The van der Waals surface area contributed by atoms with Crippen molar-refractivity contribution in [3.05, 3.63) is 24.3 Å². The molecule has 0 saturated heterocycles. The van der Waals surface area contributed by atoms with Crippen LogP contribution in [0.3, 0.4) is 0 Å². The van der Waals surface area contributed by atoms with Gasteiger partial charge in [0.05, 0.1) is 24.0 Å². The molecule has 0 aliphatic carbocycles. The zero-order valence-corrected chi connectivity index (χ0v) is 11.8. The monoisotopic (exact) mass is 279 g/mol. The number of amides is 1. The fourth-order valence-electron chi connectivity index (χ4n) is 1.70. The molecular formula is C14H17NO3S. The maximum absolute atomic E-state index is 11.9. The van der Waals surface area contributed by atoms with Crippen LogP contribution in [-0.4, -0.2) is 23.7 Å². The maximum Gasteiger partial charge on any atom is 0.307 e. The Kier molecular flexibility index (Phi) is 4.47. The van der Waals surface area contributed by atoms with E-state index >= 15 is 0 Å². The highest BCUT2D eigenvalue weighted by Gasteiger charge is 2.29. The van der Waals surface area contributed by atoms with Gasteiger partial charge in [0, 0.05) is 4.90 Å². The molecule has 4 nitrogen and oxygen atoms in total. The third-order valence-electron chi connectivity index (χ3n) is 2.64. The Hall–Kier alpha value is -1.49. The standard InChI is InChI=1S/C14H17NO3S/c1-9(2)8-18-13(16)7-12-14(17)15-10-5-3-4-6-11(10)19-12/h3-6,9,12H,7-8H2,1-2H3,(H,15,17). The molecule has 0 spiro atoms. The molecule has 0 bridgehead atoms. The number of hydrogen-bond donors (Lipinski definition) is 1. The summed E-state index contributed by atoms with van der Waals surface area (Å²) in [6.07, 6.45) is 0.109. The maximum atomic E-state index is 11.9. The predicted molar refractivity (Wildman–Crippen MR) is 75.1 cm³/mol. The van der Waals surface area contributed by atoms with Crippen LogP contribution in [0.2, 0.25) is 0 Å². The van der Waals surface area contributed by atoms with Crippen molar-refractivity contribution in [3.63, 3.8) is 0 Å². The van der Waals surface area contributed by atoms with E-state index < -0.39 is 5.25 Å². The van der Waals surface area contributed by atoms with Crippen LogP contribution in [0.25, 0.3) is 0 Å². The zero-order valence-electron chi connectivity index (χ0n) is 11.0. The van der Waals surface area contributed by atoms with Gasteiger partial charge in [0.15, 0.2) is 0 Å². The molecule has 1 atom stereocenters. The first-order valence-corrected chi connectivity index (χ1v) is 7.16. The Morgan fingerprint density at radius 3 is 2.89 bits per heavy atom. The van der Waals surface area contributed by atoms with Gasteiger partial charge in [0.25, 0.3) is 0 Å². The number of para-hydroxylation sites is 1. The van der Waals surface area contributed by atoms with Gasteiger partial charge >= 0.3 is 5.97 Å². The number of thioether (sulfide) groups is 1. The summed E-state index contributed by atoms with van der Waals surface area (Å²) >= 11 is 1.41. The third kappa shape index (κ3) is 3.73. The number of esters is 1. The van der Waals surface area contributed by atoms with Gasteiger partial charge in [-0.25, -0.2) is 0 Å². The highest BCUT2D eigenvalue weighted by molar-refractivity contribution is 8.01. The van der Waals surface area contributed by atoms with Crippen molar-refractivity contribution in [2.45, 2.75) is 30.4 Å². The Balaban J connectivity index is 1.95. The van der Waals surface area contributed by atoms with Crippen molar-refractivity contribution < 1.29 is 14.3 Å². The molecule has 0 aromatic heterocycles. The van der Waals surface area contributed by atoms with Crippen molar-refractivity contribution in [3.8, 4) is 0 Å². The van der Waals surface area contributed by atoms with E-state index in [1.807, 2.05) is 38.1 Å². The topological polar surface area (TPSA) is 55.4 Å². The van der Waals surface area contributed by atoms with E-state index in [1.165, 1.54) is 11.8 Å². The van der Waals surface area contributed by atoms with Crippen LogP contribution < -0.4 is 5.32 Å². The van der Waals surface area contributed by atoms with Crippen molar-refractivity contribution >= 4 is 29.3 Å². The second-order valence-electron chi connectivity index (χ2n) is 4.87. The molecule has 1 aromatic carbocycles. The van der Waals surface area contributed by atoms with Gasteiger partial charge in [-0.05, 0) is 18.1 Å². The summed E-state index contributed by atoms with van der Waals surface area (Å²) in [7, 11) is 0. The number of ether oxygens (including phenoxy) is 1. The fourth-order valence-corrected chi connectivity index (χ4v) is 2.79. The highest BCUT2D eigenvalue weighted by Crippen LogP contribution is 2.36. The number of hydrogen-bond acceptors (Lipinski definition) is 4. The van der Waals surface area contributed by atoms with Crippen molar-refractivity contribution in [2.24, 2.45) is 5.92 Å². The van der Waals surface area contributed by atoms with Crippen LogP contribution in [0, 0.1) is 5.92 Å². The molecule has 1 aliphatic rings. The van der Waals surface area contributed by atoms with Crippen LogP contribution in [-0.2, 0) is 14.3 Å². The largest absolute Gasteiger partial charge is 0.465 e. The summed E-state index contributed by atoms with van der Waals surface area (Å²) in [5.41, 5.74) is 0.810. The molecule has 2 rings (SSSR count). The number of anilines is 1. The van der Waals surface area contributed by atoms with E-state index in [-0.39, 0.29) is 18.3 Å². The minimum Gasteiger partial charge on any atom is -0.465 e. The number of carbonyl (C=O) groups is 2. The molecule has 1 amide bonds. The highest BCUT2D eigenvalue weighted by atomic mass is 32.2. The summed E-state index contributed by atoms with van der Waals surface area (Å²) < 4.78 is 5.11. The number of carbonyl (C=O) groups excluding carboxylic acids is 2. The summed E-state index contributed by atoms with van der Waals surface area (Å²) in [6.45, 7) is 4.35. The first-order valence-electron chi connectivity index (χ1n) is 6.28. The van der Waals surface area contributed by atoms with E-state index in [4.69, 9.17) is 4.74 Å². The van der Waals surface area contributed by atoms with Crippen molar-refractivity contribution in [1.29, 1.82) is 0 Å². The Bertz CT molecular complexity index is 487. The number of benzene rings is 1. The first-order chi connectivity index (χ1) is 9.06.